The lowest BCUT2D eigenvalue weighted by molar-refractivity contribution is 0.114. The number of rotatable bonds is 5. The first-order valence-electron chi connectivity index (χ1n) is 16.5. The number of benzene rings is 1. The molecule has 1 saturated carbocycles. The molecule has 39 heavy (non-hydrogen) atoms. The summed E-state index contributed by atoms with van der Waals surface area (Å²) in [7, 11) is 0. The molecule has 1 aromatic rings. The molecule has 5 aliphatic carbocycles. The minimum Gasteiger partial charge on any atom is -0.359 e. The molecular weight excluding hydrogens is 472 g/mol. The number of para-hydroxylation sites is 1. The number of fused-ring (bicyclic) bond motifs is 3. The lowest BCUT2D eigenvalue weighted by Gasteiger charge is -2.46. The van der Waals surface area contributed by atoms with Gasteiger partial charge in [0.25, 0.3) is 0 Å². The van der Waals surface area contributed by atoms with Gasteiger partial charge in [-0.05, 0) is 106 Å². The lowest BCUT2D eigenvalue weighted by atomic mass is 9.66. The van der Waals surface area contributed by atoms with Crippen LogP contribution in [0.15, 0.2) is 78.9 Å². The predicted molar refractivity (Wildman–Crippen MR) is 165 cm³/mol. The van der Waals surface area contributed by atoms with Gasteiger partial charge in [-0.25, -0.2) is 0 Å². The van der Waals surface area contributed by atoms with Crippen molar-refractivity contribution in [1.29, 1.82) is 0 Å². The van der Waals surface area contributed by atoms with Crippen LogP contribution < -0.4 is 4.90 Å². The third kappa shape index (κ3) is 4.90. The summed E-state index contributed by atoms with van der Waals surface area (Å²) in [4.78, 5) is 5.74. The normalized spacial score (nSPS) is 41.8. The van der Waals surface area contributed by atoms with Crippen molar-refractivity contribution in [1.82, 2.24) is 4.90 Å². The molecule has 0 radical (unpaired) electrons. The highest BCUT2D eigenvalue weighted by atomic mass is 15.3. The van der Waals surface area contributed by atoms with Crippen LogP contribution in [-0.2, 0) is 0 Å². The molecule has 0 amide bonds. The third-order valence-corrected chi connectivity index (χ3v) is 11.7. The fraction of sp³-hybridized carbons (Fsp3) is 0.622. The molecule has 2 heteroatoms. The Hall–Kier alpha value is -2.06. The van der Waals surface area contributed by atoms with Crippen LogP contribution in [0.2, 0.25) is 0 Å². The summed E-state index contributed by atoms with van der Waals surface area (Å²) in [5.74, 6) is 2.56. The molecular formula is C37H50N2. The van der Waals surface area contributed by atoms with Gasteiger partial charge in [0.2, 0.25) is 0 Å². The van der Waals surface area contributed by atoms with Crippen molar-refractivity contribution in [3.8, 4) is 0 Å². The Labute approximate surface area is 237 Å². The first-order chi connectivity index (χ1) is 19.2. The Morgan fingerprint density at radius 3 is 2.33 bits per heavy atom. The van der Waals surface area contributed by atoms with Crippen molar-refractivity contribution in [3.05, 3.63) is 78.9 Å². The minimum absolute atomic E-state index is 0.286. The van der Waals surface area contributed by atoms with E-state index in [1.165, 1.54) is 89.2 Å². The SMILES string of the molecule is CC1(C2C=CC(N3C4C=CCCC4C4CCCCC43)CC2)C=CC(N(c2ccccc2)C2C=CCCC2)CC1. The number of anilines is 1. The van der Waals surface area contributed by atoms with E-state index < -0.39 is 0 Å². The van der Waals surface area contributed by atoms with Gasteiger partial charge in [0, 0.05) is 35.9 Å². The summed E-state index contributed by atoms with van der Waals surface area (Å²) in [5.41, 5.74) is 1.67. The standard InChI is InChI=1S/C37H50N2/c1-37(26-24-32(25-27-37)38(29-12-4-2-5-13-29)30-14-6-3-7-15-30)28-20-22-31(23-21-28)39-35-18-10-8-16-33(35)34-17-9-11-19-36(34)39/h2,4-6,10,12-14,18,20,22,24,26,28,30-36H,3,7-9,11,15-17,19,21,23,25,27H2,1H3. The van der Waals surface area contributed by atoms with Gasteiger partial charge in [0.1, 0.15) is 0 Å². The smallest absolute Gasteiger partial charge is 0.0479 e. The Bertz CT molecular complexity index is 1100. The van der Waals surface area contributed by atoms with Gasteiger partial charge < -0.3 is 4.90 Å². The number of allylic oxidation sites excluding steroid dienone is 4. The highest BCUT2D eigenvalue weighted by Crippen LogP contribution is 2.51. The maximum atomic E-state index is 3.02. The summed E-state index contributed by atoms with van der Waals surface area (Å²) in [6.07, 6.45) is 38.2. The van der Waals surface area contributed by atoms with Gasteiger partial charge in [-0.15, -0.1) is 0 Å². The second kappa shape index (κ2) is 11.1. The van der Waals surface area contributed by atoms with Crippen molar-refractivity contribution < 1.29 is 0 Å². The zero-order valence-corrected chi connectivity index (χ0v) is 24.2. The molecule has 7 rings (SSSR count). The monoisotopic (exact) mass is 522 g/mol. The van der Waals surface area contributed by atoms with Crippen LogP contribution in [0.1, 0.15) is 90.4 Å². The minimum atomic E-state index is 0.286. The second-order valence-electron chi connectivity index (χ2n) is 13.9. The van der Waals surface area contributed by atoms with E-state index in [1.54, 1.807) is 0 Å². The molecule has 1 aromatic carbocycles. The van der Waals surface area contributed by atoms with Crippen LogP contribution >= 0.6 is 0 Å². The van der Waals surface area contributed by atoms with Crippen molar-refractivity contribution in [2.75, 3.05) is 4.90 Å². The molecule has 1 heterocycles. The number of likely N-dealkylation sites (tertiary alicyclic amines) is 1. The molecule has 6 aliphatic rings. The average molecular weight is 523 g/mol. The highest BCUT2D eigenvalue weighted by Gasteiger charge is 2.51. The molecule has 2 nitrogen and oxygen atoms in total. The van der Waals surface area contributed by atoms with Crippen molar-refractivity contribution in [2.24, 2.45) is 23.2 Å². The summed E-state index contributed by atoms with van der Waals surface area (Å²) in [5, 5.41) is 0. The predicted octanol–water partition coefficient (Wildman–Crippen LogP) is 8.87. The van der Waals surface area contributed by atoms with Crippen LogP contribution in [0.5, 0.6) is 0 Å². The first-order valence-corrected chi connectivity index (χ1v) is 16.5. The Kier molecular flexibility index (Phi) is 7.35. The molecule has 9 unspecified atom stereocenters. The second-order valence-corrected chi connectivity index (χ2v) is 13.9. The van der Waals surface area contributed by atoms with E-state index in [0.717, 1.165) is 17.9 Å². The zero-order valence-electron chi connectivity index (χ0n) is 24.2. The highest BCUT2D eigenvalue weighted by molar-refractivity contribution is 5.51. The van der Waals surface area contributed by atoms with Gasteiger partial charge in [-0.1, -0.05) is 86.6 Å². The molecule has 9 atom stereocenters. The average Bonchev–Trinajstić information content (AvgIpc) is 3.34. The van der Waals surface area contributed by atoms with Gasteiger partial charge in [0.15, 0.2) is 0 Å². The van der Waals surface area contributed by atoms with Crippen molar-refractivity contribution >= 4 is 5.69 Å². The van der Waals surface area contributed by atoms with E-state index in [2.05, 4.69) is 95.7 Å². The van der Waals surface area contributed by atoms with Crippen LogP contribution in [0.4, 0.5) is 5.69 Å². The largest absolute Gasteiger partial charge is 0.359 e. The number of hydrogen-bond acceptors (Lipinski definition) is 2. The van der Waals surface area contributed by atoms with E-state index >= 15 is 0 Å². The topological polar surface area (TPSA) is 6.48 Å². The third-order valence-electron chi connectivity index (χ3n) is 11.7. The van der Waals surface area contributed by atoms with Crippen molar-refractivity contribution in [3.63, 3.8) is 0 Å². The van der Waals surface area contributed by atoms with Crippen LogP contribution in [0.3, 0.4) is 0 Å². The maximum absolute atomic E-state index is 3.02. The number of nitrogens with zero attached hydrogens (tertiary/aromatic N) is 2. The summed E-state index contributed by atoms with van der Waals surface area (Å²) in [6.45, 7) is 2.55. The van der Waals surface area contributed by atoms with Crippen molar-refractivity contribution in [2.45, 2.75) is 121 Å². The maximum Gasteiger partial charge on any atom is 0.0479 e. The fourth-order valence-corrected chi connectivity index (χ4v) is 9.69. The molecule has 0 aromatic heterocycles. The van der Waals surface area contributed by atoms with Gasteiger partial charge in [-0.2, -0.15) is 0 Å². The zero-order chi connectivity index (χ0) is 26.2. The van der Waals surface area contributed by atoms with Crippen LogP contribution in [0, 0.1) is 23.2 Å². The van der Waals surface area contributed by atoms with E-state index in [9.17, 15) is 0 Å². The molecule has 0 N–H and O–H groups in total. The molecule has 1 aliphatic heterocycles. The van der Waals surface area contributed by atoms with Gasteiger partial charge in [-0.3, -0.25) is 4.90 Å². The fourth-order valence-electron chi connectivity index (χ4n) is 9.69. The lowest BCUT2D eigenvalue weighted by Crippen LogP contribution is -2.47. The quantitative estimate of drug-likeness (QED) is 0.356. The van der Waals surface area contributed by atoms with E-state index in [0.29, 0.717) is 30.1 Å². The van der Waals surface area contributed by atoms with Crippen LogP contribution in [-0.4, -0.2) is 35.1 Å². The van der Waals surface area contributed by atoms with E-state index in [1.807, 2.05) is 0 Å². The number of hydrogen-bond donors (Lipinski definition) is 0. The van der Waals surface area contributed by atoms with Crippen LogP contribution in [0.25, 0.3) is 0 Å². The Morgan fingerprint density at radius 2 is 1.56 bits per heavy atom. The summed E-state index contributed by atoms with van der Waals surface area (Å²) in [6, 6.07) is 14.4. The Balaban J connectivity index is 1.07. The van der Waals surface area contributed by atoms with Gasteiger partial charge >= 0.3 is 0 Å². The molecule has 1 saturated heterocycles. The molecule has 0 spiro atoms. The summed E-state index contributed by atoms with van der Waals surface area (Å²) >= 11 is 0. The van der Waals surface area contributed by atoms with E-state index in [4.69, 9.17) is 0 Å². The Morgan fingerprint density at radius 1 is 0.718 bits per heavy atom. The summed E-state index contributed by atoms with van der Waals surface area (Å²) < 4.78 is 0. The van der Waals surface area contributed by atoms with E-state index in [-0.39, 0.29) is 5.41 Å². The molecule has 208 valence electrons. The molecule has 2 fully saturated rings. The first kappa shape index (κ1) is 25.9. The molecule has 0 bridgehead atoms. The van der Waals surface area contributed by atoms with Gasteiger partial charge in [0.05, 0.1) is 0 Å².